The maximum atomic E-state index is 13.8. The van der Waals surface area contributed by atoms with Gasteiger partial charge in [-0.2, -0.15) is 0 Å². The van der Waals surface area contributed by atoms with E-state index >= 15 is 0 Å². The van der Waals surface area contributed by atoms with Gasteiger partial charge < -0.3 is 9.64 Å². The Kier molecular flexibility index (Phi) is 5.12. The standard InChI is InChI=1S/C16H22FNO2/c1-3-12-7-9-18(11-12)10-8-14(19)16-13(17)5-4-6-15(16)20-2/h4-6,12H,3,7-11H2,1-2H3. The fourth-order valence-corrected chi connectivity index (χ4v) is 2.78. The van der Waals surface area contributed by atoms with Gasteiger partial charge in [-0.05, 0) is 31.0 Å². The van der Waals surface area contributed by atoms with E-state index in [9.17, 15) is 9.18 Å². The first-order valence-corrected chi connectivity index (χ1v) is 7.23. The van der Waals surface area contributed by atoms with Gasteiger partial charge in [-0.15, -0.1) is 0 Å². The zero-order valence-corrected chi connectivity index (χ0v) is 12.2. The quantitative estimate of drug-likeness (QED) is 0.749. The molecule has 0 N–H and O–H groups in total. The molecule has 1 fully saturated rings. The Hall–Kier alpha value is -1.42. The highest BCUT2D eigenvalue weighted by atomic mass is 19.1. The molecule has 20 heavy (non-hydrogen) atoms. The second-order valence-corrected chi connectivity index (χ2v) is 5.35. The number of carbonyl (C=O) groups excluding carboxylic acids is 1. The average Bonchev–Trinajstić information content (AvgIpc) is 2.92. The van der Waals surface area contributed by atoms with Crippen LogP contribution in [0.4, 0.5) is 4.39 Å². The molecule has 3 nitrogen and oxygen atoms in total. The Morgan fingerprint density at radius 2 is 2.30 bits per heavy atom. The maximum absolute atomic E-state index is 13.8. The lowest BCUT2D eigenvalue weighted by Crippen LogP contribution is -2.24. The molecule has 0 radical (unpaired) electrons. The predicted molar refractivity (Wildman–Crippen MR) is 76.7 cm³/mol. The van der Waals surface area contributed by atoms with E-state index in [1.54, 1.807) is 12.1 Å². The third-order valence-electron chi connectivity index (χ3n) is 4.08. The molecule has 4 heteroatoms. The molecule has 1 saturated heterocycles. The van der Waals surface area contributed by atoms with Gasteiger partial charge in [-0.1, -0.05) is 19.4 Å². The van der Waals surface area contributed by atoms with Crippen molar-refractivity contribution in [3.8, 4) is 5.75 Å². The van der Waals surface area contributed by atoms with Crippen LogP contribution in [0.5, 0.6) is 5.75 Å². The number of nitrogens with zero attached hydrogens (tertiary/aromatic N) is 1. The van der Waals surface area contributed by atoms with E-state index in [0.717, 1.165) is 19.0 Å². The summed E-state index contributed by atoms with van der Waals surface area (Å²) in [6.45, 7) is 4.99. The van der Waals surface area contributed by atoms with Crippen LogP contribution in [0.2, 0.25) is 0 Å². The van der Waals surface area contributed by atoms with Crippen molar-refractivity contribution in [3.63, 3.8) is 0 Å². The van der Waals surface area contributed by atoms with Crippen LogP contribution >= 0.6 is 0 Å². The summed E-state index contributed by atoms with van der Waals surface area (Å²) >= 11 is 0. The Morgan fingerprint density at radius 1 is 1.50 bits per heavy atom. The van der Waals surface area contributed by atoms with E-state index in [0.29, 0.717) is 18.7 Å². The highest BCUT2D eigenvalue weighted by Gasteiger charge is 2.23. The summed E-state index contributed by atoms with van der Waals surface area (Å²) in [5.74, 6) is 0.387. The van der Waals surface area contributed by atoms with Gasteiger partial charge in [-0.25, -0.2) is 4.39 Å². The number of ether oxygens (including phenoxy) is 1. The number of carbonyl (C=O) groups is 1. The van der Waals surface area contributed by atoms with Crippen molar-refractivity contribution in [3.05, 3.63) is 29.6 Å². The summed E-state index contributed by atoms with van der Waals surface area (Å²) in [7, 11) is 1.46. The molecule has 2 rings (SSSR count). The molecule has 1 heterocycles. The second kappa shape index (κ2) is 6.84. The predicted octanol–water partition coefficient (Wildman–Crippen LogP) is 3.14. The number of hydrogen-bond acceptors (Lipinski definition) is 3. The molecule has 0 aliphatic carbocycles. The third-order valence-corrected chi connectivity index (χ3v) is 4.08. The zero-order valence-electron chi connectivity index (χ0n) is 12.2. The smallest absolute Gasteiger partial charge is 0.170 e. The highest BCUT2D eigenvalue weighted by molar-refractivity contribution is 5.99. The van der Waals surface area contributed by atoms with Crippen molar-refractivity contribution in [1.29, 1.82) is 0 Å². The molecule has 0 aromatic heterocycles. The van der Waals surface area contributed by atoms with Crippen LogP contribution < -0.4 is 4.74 Å². The summed E-state index contributed by atoms with van der Waals surface area (Å²) in [5.41, 5.74) is 0.0845. The van der Waals surface area contributed by atoms with E-state index in [1.807, 2.05) is 0 Å². The van der Waals surface area contributed by atoms with E-state index in [-0.39, 0.29) is 11.3 Å². The number of methoxy groups -OCH3 is 1. The molecule has 110 valence electrons. The first kappa shape index (κ1) is 15.0. The minimum Gasteiger partial charge on any atom is -0.496 e. The van der Waals surface area contributed by atoms with Crippen LogP contribution in [0.15, 0.2) is 18.2 Å². The second-order valence-electron chi connectivity index (χ2n) is 5.35. The van der Waals surface area contributed by atoms with Crippen molar-refractivity contribution in [2.45, 2.75) is 26.2 Å². The van der Waals surface area contributed by atoms with Crippen molar-refractivity contribution in [1.82, 2.24) is 4.90 Å². The van der Waals surface area contributed by atoms with Crippen molar-refractivity contribution < 1.29 is 13.9 Å². The van der Waals surface area contributed by atoms with Crippen LogP contribution in [0.25, 0.3) is 0 Å². The third kappa shape index (κ3) is 3.37. The Balaban J connectivity index is 1.96. The van der Waals surface area contributed by atoms with Crippen LogP contribution in [0, 0.1) is 11.7 Å². The minimum atomic E-state index is -0.498. The van der Waals surface area contributed by atoms with Gasteiger partial charge >= 0.3 is 0 Å². The van der Waals surface area contributed by atoms with Crippen LogP contribution in [-0.2, 0) is 0 Å². The minimum absolute atomic E-state index is 0.0845. The van der Waals surface area contributed by atoms with Crippen molar-refractivity contribution >= 4 is 5.78 Å². The summed E-state index contributed by atoms with van der Waals surface area (Å²) < 4.78 is 18.9. The van der Waals surface area contributed by atoms with E-state index in [2.05, 4.69) is 11.8 Å². The van der Waals surface area contributed by atoms with Crippen LogP contribution in [0.1, 0.15) is 36.5 Å². The summed E-state index contributed by atoms with van der Waals surface area (Å²) in [6, 6.07) is 4.48. The van der Waals surface area contributed by atoms with E-state index < -0.39 is 5.82 Å². The van der Waals surface area contributed by atoms with Gasteiger partial charge in [0, 0.05) is 19.5 Å². The van der Waals surface area contributed by atoms with Gasteiger partial charge in [0.1, 0.15) is 11.6 Å². The Bertz CT molecular complexity index is 476. The van der Waals surface area contributed by atoms with Gasteiger partial charge in [0.2, 0.25) is 0 Å². The fourth-order valence-electron chi connectivity index (χ4n) is 2.78. The average molecular weight is 279 g/mol. The monoisotopic (exact) mass is 279 g/mol. The Morgan fingerprint density at radius 3 is 2.95 bits per heavy atom. The lowest BCUT2D eigenvalue weighted by atomic mass is 10.1. The van der Waals surface area contributed by atoms with Crippen molar-refractivity contribution in [2.24, 2.45) is 5.92 Å². The fraction of sp³-hybridized carbons (Fsp3) is 0.562. The van der Waals surface area contributed by atoms with E-state index in [1.165, 1.54) is 26.0 Å². The van der Waals surface area contributed by atoms with E-state index in [4.69, 9.17) is 4.74 Å². The lowest BCUT2D eigenvalue weighted by molar-refractivity contribution is 0.0961. The number of ketones is 1. The molecule has 0 bridgehead atoms. The molecular formula is C16H22FNO2. The van der Waals surface area contributed by atoms with Gasteiger partial charge in [-0.3, -0.25) is 4.79 Å². The normalized spacial score (nSPS) is 19.2. The van der Waals surface area contributed by atoms with Crippen LogP contribution in [-0.4, -0.2) is 37.4 Å². The number of likely N-dealkylation sites (tertiary alicyclic amines) is 1. The van der Waals surface area contributed by atoms with Crippen molar-refractivity contribution in [2.75, 3.05) is 26.7 Å². The SMILES string of the molecule is CCC1CCN(CCC(=O)c2c(F)cccc2OC)C1. The Labute approximate surface area is 119 Å². The summed E-state index contributed by atoms with van der Waals surface area (Å²) in [5, 5.41) is 0. The number of halogens is 1. The maximum Gasteiger partial charge on any atom is 0.170 e. The molecule has 1 unspecified atom stereocenters. The lowest BCUT2D eigenvalue weighted by Gasteiger charge is -2.15. The topological polar surface area (TPSA) is 29.5 Å². The first-order valence-electron chi connectivity index (χ1n) is 7.23. The van der Waals surface area contributed by atoms with Gasteiger partial charge in [0.25, 0.3) is 0 Å². The largest absolute Gasteiger partial charge is 0.496 e. The molecule has 1 aromatic rings. The van der Waals surface area contributed by atoms with Crippen LogP contribution in [0.3, 0.4) is 0 Å². The highest BCUT2D eigenvalue weighted by Crippen LogP contribution is 2.24. The molecule has 0 saturated carbocycles. The number of hydrogen-bond donors (Lipinski definition) is 0. The molecule has 1 aliphatic rings. The van der Waals surface area contributed by atoms with Gasteiger partial charge in [0.15, 0.2) is 5.78 Å². The molecule has 0 amide bonds. The first-order chi connectivity index (χ1) is 9.65. The van der Waals surface area contributed by atoms with Gasteiger partial charge in [0.05, 0.1) is 12.7 Å². The number of benzene rings is 1. The molecule has 1 aliphatic heterocycles. The zero-order chi connectivity index (χ0) is 14.5. The molecular weight excluding hydrogens is 257 g/mol. The molecule has 1 aromatic carbocycles. The molecule has 1 atom stereocenters. The summed E-state index contributed by atoms with van der Waals surface area (Å²) in [4.78, 5) is 14.5. The summed E-state index contributed by atoms with van der Waals surface area (Å²) in [6.07, 6.45) is 2.73. The molecule has 0 spiro atoms. The number of rotatable bonds is 6. The number of Topliss-reactive ketones (excluding diaryl/α,β-unsaturated/α-hetero) is 1.